The zero-order valence-electron chi connectivity index (χ0n) is 11.9. The minimum atomic E-state index is 0.475. The number of hydrogen-bond donors (Lipinski definition) is 1. The van der Waals surface area contributed by atoms with E-state index in [0.29, 0.717) is 5.92 Å². The molecule has 2 aromatic rings. The second kappa shape index (κ2) is 8.34. The molecule has 0 aliphatic heterocycles. The van der Waals surface area contributed by atoms with E-state index in [4.69, 9.17) is 5.73 Å². The van der Waals surface area contributed by atoms with E-state index in [0.717, 1.165) is 19.4 Å². The van der Waals surface area contributed by atoms with Crippen LogP contribution >= 0.6 is 0 Å². The molecule has 0 fully saturated rings. The Bertz CT molecular complexity index is 502. The summed E-state index contributed by atoms with van der Waals surface area (Å²) in [4.78, 5) is 0. The van der Waals surface area contributed by atoms with E-state index >= 15 is 0 Å². The Hall–Kier alpha value is -1.86. The van der Waals surface area contributed by atoms with Crippen molar-refractivity contribution in [1.82, 2.24) is 0 Å². The van der Waals surface area contributed by atoms with Crippen molar-refractivity contribution in [2.45, 2.75) is 25.2 Å². The molecule has 0 saturated carbocycles. The van der Waals surface area contributed by atoms with Gasteiger partial charge in [0.15, 0.2) is 0 Å². The normalized spacial score (nSPS) is 12.7. The van der Waals surface area contributed by atoms with E-state index in [1.807, 2.05) is 6.07 Å². The fraction of sp³-hybridized carbons (Fsp3) is 0.263. The largest absolute Gasteiger partial charge is 0.330 e. The van der Waals surface area contributed by atoms with Crippen LogP contribution in [0, 0.1) is 0 Å². The lowest BCUT2D eigenvalue weighted by Crippen LogP contribution is -2.01. The maximum Gasteiger partial charge on any atom is 0.00213 e. The molecule has 0 aromatic heterocycles. The number of hydrogen-bond acceptors (Lipinski definition) is 1. The molecular weight excluding hydrogens is 242 g/mol. The van der Waals surface area contributed by atoms with Gasteiger partial charge in [-0.25, -0.2) is 0 Å². The zero-order chi connectivity index (χ0) is 14.0. The highest BCUT2D eigenvalue weighted by Crippen LogP contribution is 2.24. The molecule has 1 nitrogen and oxygen atoms in total. The van der Waals surface area contributed by atoms with E-state index in [2.05, 4.69) is 66.7 Å². The average Bonchev–Trinajstić information content (AvgIpc) is 2.52. The van der Waals surface area contributed by atoms with Gasteiger partial charge in [0.05, 0.1) is 0 Å². The maximum atomic E-state index is 5.60. The molecule has 0 radical (unpaired) electrons. The second-order valence-corrected chi connectivity index (χ2v) is 5.07. The van der Waals surface area contributed by atoms with Gasteiger partial charge in [-0.05, 0) is 30.5 Å². The van der Waals surface area contributed by atoms with Crippen LogP contribution in [0.3, 0.4) is 0 Å². The Morgan fingerprint density at radius 3 is 2.15 bits per heavy atom. The summed E-state index contributed by atoms with van der Waals surface area (Å²) in [6, 6.07) is 21.2. The van der Waals surface area contributed by atoms with Gasteiger partial charge in [-0.1, -0.05) is 79.2 Å². The lowest BCUT2D eigenvalue weighted by atomic mass is 9.92. The Morgan fingerprint density at radius 1 is 0.850 bits per heavy atom. The fourth-order valence-corrected chi connectivity index (χ4v) is 2.37. The van der Waals surface area contributed by atoms with Gasteiger partial charge >= 0.3 is 0 Å². The molecule has 2 aromatic carbocycles. The summed E-state index contributed by atoms with van der Waals surface area (Å²) in [5.41, 5.74) is 8.24. The Balaban J connectivity index is 2.08. The van der Waals surface area contributed by atoms with Crippen LogP contribution in [-0.4, -0.2) is 6.54 Å². The molecule has 1 atom stereocenters. The summed E-state index contributed by atoms with van der Waals surface area (Å²) in [6.07, 6.45) is 7.98. The number of unbranched alkanes of at least 4 members (excludes halogenated alkanes) is 1. The molecule has 104 valence electrons. The summed E-state index contributed by atoms with van der Waals surface area (Å²) in [6.45, 7) is 0.782. The van der Waals surface area contributed by atoms with Gasteiger partial charge < -0.3 is 5.73 Å². The van der Waals surface area contributed by atoms with E-state index in [1.165, 1.54) is 17.5 Å². The van der Waals surface area contributed by atoms with Crippen molar-refractivity contribution in [1.29, 1.82) is 0 Å². The van der Waals surface area contributed by atoms with Crippen molar-refractivity contribution < 1.29 is 0 Å². The Kier molecular flexibility index (Phi) is 6.07. The molecule has 20 heavy (non-hydrogen) atoms. The van der Waals surface area contributed by atoms with Crippen molar-refractivity contribution in [3.05, 3.63) is 77.9 Å². The summed E-state index contributed by atoms with van der Waals surface area (Å²) < 4.78 is 0. The van der Waals surface area contributed by atoms with Crippen LogP contribution in [0.25, 0.3) is 6.08 Å². The third-order valence-corrected chi connectivity index (χ3v) is 3.52. The van der Waals surface area contributed by atoms with Gasteiger partial charge in [0, 0.05) is 5.92 Å². The monoisotopic (exact) mass is 265 g/mol. The van der Waals surface area contributed by atoms with E-state index in [1.54, 1.807) is 0 Å². The predicted octanol–water partition coefficient (Wildman–Crippen LogP) is 4.61. The summed E-state index contributed by atoms with van der Waals surface area (Å²) in [7, 11) is 0. The lowest BCUT2D eigenvalue weighted by molar-refractivity contribution is 0.644. The summed E-state index contributed by atoms with van der Waals surface area (Å²) in [5.74, 6) is 0.475. The predicted molar refractivity (Wildman–Crippen MR) is 87.6 cm³/mol. The van der Waals surface area contributed by atoms with Crippen molar-refractivity contribution in [3.63, 3.8) is 0 Å². The van der Waals surface area contributed by atoms with E-state index in [9.17, 15) is 0 Å². The lowest BCUT2D eigenvalue weighted by Gasteiger charge is -2.13. The average molecular weight is 265 g/mol. The molecule has 1 unspecified atom stereocenters. The molecule has 0 heterocycles. The fourth-order valence-electron chi connectivity index (χ4n) is 2.37. The van der Waals surface area contributed by atoms with Crippen LogP contribution in [-0.2, 0) is 0 Å². The third kappa shape index (κ3) is 4.67. The van der Waals surface area contributed by atoms with Gasteiger partial charge in [-0.15, -0.1) is 0 Å². The Morgan fingerprint density at radius 2 is 1.50 bits per heavy atom. The summed E-state index contributed by atoms with van der Waals surface area (Å²) in [5, 5.41) is 0. The SMILES string of the molecule is NCCCCC(/C=C/c1ccccc1)c1ccccc1. The third-order valence-electron chi connectivity index (χ3n) is 3.52. The van der Waals surface area contributed by atoms with Crippen LogP contribution in [0.4, 0.5) is 0 Å². The highest BCUT2D eigenvalue weighted by atomic mass is 14.5. The van der Waals surface area contributed by atoms with Crippen LogP contribution < -0.4 is 5.73 Å². The minimum Gasteiger partial charge on any atom is -0.330 e. The maximum absolute atomic E-state index is 5.60. The standard InChI is InChI=1S/C19H23N/c20-16-8-7-13-19(18-11-5-2-6-12-18)15-14-17-9-3-1-4-10-17/h1-6,9-12,14-15,19H,7-8,13,16,20H2/b15-14+. The topological polar surface area (TPSA) is 26.0 Å². The first kappa shape index (κ1) is 14.5. The van der Waals surface area contributed by atoms with Gasteiger partial charge in [0.2, 0.25) is 0 Å². The van der Waals surface area contributed by atoms with Crippen LogP contribution in [0.5, 0.6) is 0 Å². The molecule has 0 spiro atoms. The molecule has 0 aliphatic rings. The first-order valence-corrected chi connectivity index (χ1v) is 7.38. The van der Waals surface area contributed by atoms with E-state index in [-0.39, 0.29) is 0 Å². The smallest absolute Gasteiger partial charge is 0.00213 e. The number of allylic oxidation sites excluding steroid dienone is 1. The molecule has 2 N–H and O–H groups in total. The highest BCUT2D eigenvalue weighted by molar-refractivity contribution is 5.50. The highest BCUT2D eigenvalue weighted by Gasteiger charge is 2.06. The zero-order valence-corrected chi connectivity index (χ0v) is 11.9. The quantitative estimate of drug-likeness (QED) is 0.727. The van der Waals surface area contributed by atoms with Crippen LogP contribution in [0.2, 0.25) is 0 Å². The number of benzene rings is 2. The van der Waals surface area contributed by atoms with Crippen molar-refractivity contribution >= 4 is 6.08 Å². The molecule has 0 amide bonds. The van der Waals surface area contributed by atoms with Gasteiger partial charge in [0.1, 0.15) is 0 Å². The first-order chi connectivity index (χ1) is 9.90. The van der Waals surface area contributed by atoms with Crippen molar-refractivity contribution in [2.24, 2.45) is 5.73 Å². The Labute approximate surface area is 122 Å². The molecule has 2 rings (SSSR count). The minimum absolute atomic E-state index is 0.475. The molecular formula is C19H23N. The van der Waals surface area contributed by atoms with Gasteiger partial charge in [-0.2, -0.15) is 0 Å². The van der Waals surface area contributed by atoms with Gasteiger partial charge in [-0.3, -0.25) is 0 Å². The van der Waals surface area contributed by atoms with Crippen LogP contribution in [0.15, 0.2) is 66.7 Å². The summed E-state index contributed by atoms with van der Waals surface area (Å²) >= 11 is 0. The molecule has 0 aliphatic carbocycles. The molecule has 0 saturated heterocycles. The van der Waals surface area contributed by atoms with E-state index < -0.39 is 0 Å². The van der Waals surface area contributed by atoms with Crippen molar-refractivity contribution in [2.75, 3.05) is 6.54 Å². The second-order valence-electron chi connectivity index (χ2n) is 5.07. The molecule has 1 heteroatoms. The number of nitrogens with two attached hydrogens (primary N) is 1. The van der Waals surface area contributed by atoms with Gasteiger partial charge in [0.25, 0.3) is 0 Å². The van der Waals surface area contributed by atoms with Crippen LogP contribution in [0.1, 0.15) is 36.3 Å². The number of rotatable bonds is 7. The van der Waals surface area contributed by atoms with Crippen molar-refractivity contribution in [3.8, 4) is 0 Å². The molecule has 0 bridgehead atoms. The first-order valence-electron chi connectivity index (χ1n) is 7.38.